The number of rotatable bonds is 5. The zero-order valence-electron chi connectivity index (χ0n) is 14.5. The first kappa shape index (κ1) is 17.7. The van der Waals surface area contributed by atoms with E-state index in [-0.39, 0.29) is 6.09 Å². The summed E-state index contributed by atoms with van der Waals surface area (Å²) in [7, 11) is 0. The Morgan fingerprint density at radius 3 is 2.83 bits per heavy atom. The first-order valence-corrected chi connectivity index (χ1v) is 8.50. The molecule has 1 saturated heterocycles. The maximum absolute atomic E-state index is 11.7. The van der Waals surface area contributed by atoms with Gasteiger partial charge in [0.15, 0.2) is 0 Å². The molecular formula is C18H29N3O2. The highest BCUT2D eigenvalue weighted by Gasteiger charge is 2.21. The largest absolute Gasteiger partial charge is 0.444 e. The van der Waals surface area contributed by atoms with Crippen LogP contribution in [0, 0.1) is 5.92 Å². The van der Waals surface area contributed by atoms with Crippen LogP contribution in [0.15, 0.2) is 24.5 Å². The van der Waals surface area contributed by atoms with Crippen molar-refractivity contribution in [2.75, 3.05) is 26.2 Å². The molecule has 1 aromatic heterocycles. The molecule has 2 heterocycles. The van der Waals surface area contributed by atoms with Crippen molar-refractivity contribution in [2.45, 2.75) is 45.6 Å². The summed E-state index contributed by atoms with van der Waals surface area (Å²) in [6, 6.07) is 4.15. The molecule has 0 aromatic carbocycles. The number of nitrogens with one attached hydrogen (secondary N) is 1. The number of nitrogens with zero attached hydrogens (tertiary/aromatic N) is 2. The van der Waals surface area contributed by atoms with E-state index < -0.39 is 5.60 Å². The van der Waals surface area contributed by atoms with Crippen molar-refractivity contribution in [3.8, 4) is 0 Å². The third-order valence-electron chi connectivity index (χ3n) is 4.00. The van der Waals surface area contributed by atoms with Crippen molar-refractivity contribution >= 4 is 6.09 Å². The van der Waals surface area contributed by atoms with Crippen LogP contribution in [0.1, 0.15) is 39.2 Å². The van der Waals surface area contributed by atoms with Gasteiger partial charge in [-0.15, -0.1) is 0 Å². The quantitative estimate of drug-likeness (QED) is 0.907. The zero-order valence-corrected chi connectivity index (χ0v) is 14.5. The number of carbonyl (C=O) groups is 1. The van der Waals surface area contributed by atoms with Gasteiger partial charge in [0.1, 0.15) is 5.60 Å². The van der Waals surface area contributed by atoms with Crippen LogP contribution in [-0.4, -0.2) is 47.8 Å². The number of aromatic nitrogens is 1. The average molecular weight is 319 g/mol. The number of hydrogen-bond donors (Lipinski definition) is 1. The predicted octanol–water partition coefficient (Wildman–Crippen LogP) is 2.86. The summed E-state index contributed by atoms with van der Waals surface area (Å²) in [6.07, 6.45) is 6.79. The normalized spacial score (nSPS) is 19.3. The van der Waals surface area contributed by atoms with E-state index in [1.165, 1.54) is 18.4 Å². The minimum absolute atomic E-state index is 0.314. The standard InChI is InChI=1S/C18H29N3O2/c1-18(2,3)23-17(22)20-13-16-5-4-11-21(14-16)12-8-15-6-9-19-10-7-15/h6-7,9-10,16H,4-5,8,11-14H2,1-3H3,(H,20,22). The van der Waals surface area contributed by atoms with Gasteiger partial charge in [0.05, 0.1) is 0 Å². The van der Waals surface area contributed by atoms with E-state index in [0.717, 1.165) is 26.1 Å². The summed E-state index contributed by atoms with van der Waals surface area (Å²) in [6.45, 7) is 9.60. The third kappa shape index (κ3) is 6.99. The van der Waals surface area contributed by atoms with Crippen LogP contribution >= 0.6 is 0 Å². The topological polar surface area (TPSA) is 54.5 Å². The zero-order chi connectivity index (χ0) is 16.7. The molecule has 2 rings (SSSR count). The molecule has 5 heteroatoms. The Morgan fingerprint density at radius 2 is 2.13 bits per heavy atom. The van der Waals surface area contributed by atoms with Crippen LogP contribution < -0.4 is 5.32 Å². The lowest BCUT2D eigenvalue weighted by Crippen LogP contribution is -2.42. The molecule has 23 heavy (non-hydrogen) atoms. The van der Waals surface area contributed by atoms with Crippen molar-refractivity contribution in [1.29, 1.82) is 0 Å². The molecule has 1 atom stereocenters. The first-order valence-electron chi connectivity index (χ1n) is 8.50. The summed E-state index contributed by atoms with van der Waals surface area (Å²) in [5, 5.41) is 2.91. The number of amides is 1. The average Bonchev–Trinajstić information content (AvgIpc) is 2.51. The van der Waals surface area contributed by atoms with E-state index in [1.807, 2.05) is 33.2 Å². The van der Waals surface area contributed by atoms with Gasteiger partial charge in [-0.2, -0.15) is 0 Å². The SMILES string of the molecule is CC(C)(C)OC(=O)NCC1CCCN(CCc2ccncc2)C1. The van der Waals surface area contributed by atoms with Gasteiger partial charge in [-0.3, -0.25) is 4.98 Å². The smallest absolute Gasteiger partial charge is 0.407 e. The molecule has 0 spiro atoms. The minimum Gasteiger partial charge on any atom is -0.444 e. The van der Waals surface area contributed by atoms with Crippen LogP contribution in [0.2, 0.25) is 0 Å². The molecule has 1 aliphatic heterocycles. The highest BCUT2D eigenvalue weighted by atomic mass is 16.6. The Labute approximate surface area is 139 Å². The summed E-state index contributed by atoms with van der Waals surface area (Å²) >= 11 is 0. The van der Waals surface area contributed by atoms with Crippen molar-refractivity contribution in [1.82, 2.24) is 15.2 Å². The fourth-order valence-corrected chi connectivity index (χ4v) is 2.90. The van der Waals surface area contributed by atoms with Gasteiger partial charge in [0, 0.05) is 32.0 Å². The molecule has 1 aliphatic rings. The van der Waals surface area contributed by atoms with Gasteiger partial charge in [0.2, 0.25) is 0 Å². The van der Waals surface area contributed by atoms with E-state index in [4.69, 9.17) is 4.74 Å². The molecule has 0 radical (unpaired) electrons. The van der Waals surface area contributed by atoms with Gasteiger partial charge >= 0.3 is 6.09 Å². The summed E-state index contributed by atoms with van der Waals surface area (Å²) in [5.41, 5.74) is 0.891. The van der Waals surface area contributed by atoms with Gasteiger partial charge in [-0.1, -0.05) is 0 Å². The number of ether oxygens (including phenoxy) is 1. The van der Waals surface area contributed by atoms with Gasteiger partial charge in [0.25, 0.3) is 0 Å². The van der Waals surface area contributed by atoms with Crippen LogP contribution in [0.4, 0.5) is 4.79 Å². The third-order valence-corrected chi connectivity index (χ3v) is 4.00. The number of likely N-dealkylation sites (tertiary alicyclic amines) is 1. The van der Waals surface area contributed by atoms with E-state index in [2.05, 4.69) is 27.3 Å². The van der Waals surface area contributed by atoms with Crippen molar-refractivity contribution in [3.05, 3.63) is 30.1 Å². The number of pyridine rings is 1. The fourth-order valence-electron chi connectivity index (χ4n) is 2.90. The Balaban J connectivity index is 1.70. The minimum atomic E-state index is -0.437. The Kier molecular flexibility index (Phi) is 6.39. The van der Waals surface area contributed by atoms with Crippen molar-refractivity contribution in [3.63, 3.8) is 0 Å². The predicted molar refractivity (Wildman–Crippen MR) is 91.3 cm³/mol. The summed E-state index contributed by atoms with van der Waals surface area (Å²) in [5.74, 6) is 0.508. The van der Waals surface area contributed by atoms with Crippen LogP contribution in [0.3, 0.4) is 0 Å². The second kappa shape index (κ2) is 8.29. The Morgan fingerprint density at radius 1 is 1.39 bits per heavy atom. The van der Waals surface area contributed by atoms with E-state index in [9.17, 15) is 4.79 Å². The highest BCUT2D eigenvalue weighted by molar-refractivity contribution is 5.67. The maximum atomic E-state index is 11.7. The highest BCUT2D eigenvalue weighted by Crippen LogP contribution is 2.16. The fraction of sp³-hybridized carbons (Fsp3) is 0.667. The summed E-state index contributed by atoms with van der Waals surface area (Å²) < 4.78 is 5.29. The second-order valence-corrected chi connectivity index (χ2v) is 7.30. The summed E-state index contributed by atoms with van der Waals surface area (Å²) in [4.78, 5) is 18.3. The molecule has 1 amide bonds. The molecule has 1 unspecified atom stereocenters. The molecule has 1 N–H and O–H groups in total. The van der Waals surface area contributed by atoms with Crippen molar-refractivity contribution in [2.24, 2.45) is 5.92 Å². The van der Waals surface area contributed by atoms with E-state index in [0.29, 0.717) is 12.5 Å². The van der Waals surface area contributed by atoms with Gasteiger partial charge in [-0.05, 0) is 70.2 Å². The first-order chi connectivity index (χ1) is 10.9. The molecule has 1 fully saturated rings. The molecule has 5 nitrogen and oxygen atoms in total. The number of hydrogen-bond acceptors (Lipinski definition) is 4. The van der Waals surface area contributed by atoms with E-state index >= 15 is 0 Å². The van der Waals surface area contributed by atoms with Crippen LogP contribution in [0.5, 0.6) is 0 Å². The molecular weight excluding hydrogens is 290 g/mol. The van der Waals surface area contributed by atoms with Gasteiger partial charge < -0.3 is 15.0 Å². The van der Waals surface area contributed by atoms with Crippen LogP contribution in [0.25, 0.3) is 0 Å². The monoisotopic (exact) mass is 319 g/mol. The Bertz CT molecular complexity index is 485. The molecule has 0 bridgehead atoms. The molecule has 0 aliphatic carbocycles. The lowest BCUT2D eigenvalue weighted by Gasteiger charge is -2.33. The lowest BCUT2D eigenvalue weighted by atomic mass is 9.97. The molecule has 0 saturated carbocycles. The lowest BCUT2D eigenvalue weighted by molar-refractivity contribution is 0.0507. The number of piperidine rings is 1. The number of carbonyl (C=O) groups excluding carboxylic acids is 1. The number of alkyl carbamates (subject to hydrolysis) is 1. The van der Waals surface area contributed by atoms with Crippen molar-refractivity contribution < 1.29 is 9.53 Å². The maximum Gasteiger partial charge on any atom is 0.407 e. The second-order valence-electron chi connectivity index (χ2n) is 7.30. The van der Waals surface area contributed by atoms with Gasteiger partial charge in [-0.25, -0.2) is 4.79 Å². The molecule has 1 aromatic rings. The molecule has 128 valence electrons. The Hall–Kier alpha value is -1.62. The van der Waals surface area contributed by atoms with Crippen LogP contribution in [-0.2, 0) is 11.2 Å². The van der Waals surface area contributed by atoms with E-state index in [1.54, 1.807) is 0 Å².